The normalized spacial score (nSPS) is 12.8. The molecule has 6 aromatic rings. The number of hydrogen-bond donors (Lipinski definition) is 0. The maximum atomic E-state index is 13.4. The molecule has 0 spiro atoms. The van der Waals surface area contributed by atoms with E-state index in [1.54, 1.807) is 30.3 Å². The molecular weight excluding hydrogens is 486 g/mol. The third-order valence-corrected chi connectivity index (χ3v) is 7.12. The molecule has 7 heteroatoms. The van der Waals surface area contributed by atoms with Gasteiger partial charge in [-0.05, 0) is 41.1 Å². The molecule has 1 aliphatic rings. The monoisotopic (exact) mass is 505 g/mol. The molecule has 0 aliphatic heterocycles. The van der Waals surface area contributed by atoms with Gasteiger partial charge in [0, 0.05) is 29.4 Å². The molecule has 39 heavy (non-hydrogen) atoms. The quantitative estimate of drug-likeness (QED) is 0.154. The lowest BCUT2D eigenvalue weighted by Gasteiger charge is -2.06. The zero-order valence-electron chi connectivity index (χ0n) is 20.8. The molecule has 184 valence electrons. The Labute approximate surface area is 223 Å². The lowest BCUT2D eigenvalue weighted by atomic mass is 10.0. The molecule has 0 saturated heterocycles. The largest absolute Gasteiger partial charge is 0.310 e. The van der Waals surface area contributed by atoms with Crippen molar-refractivity contribution in [2.24, 2.45) is 7.05 Å². The van der Waals surface area contributed by atoms with Gasteiger partial charge in [0.2, 0.25) is 0 Å². The Bertz CT molecular complexity index is 2000. The second-order valence-electron chi connectivity index (χ2n) is 9.40. The second kappa shape index (κ2) is 8.47. The van der Waals surface area contributed by atoms with Gasteiger partial charge in [-0.2, -0.15) is 0 Å². The molecule has 0 N–H and O–H groups in total. The van der Waals surface area contributed by atoms with Gasteiger partial charge < -0.3 is 4.57 Å². The Morgan fingerprint density at radius 1 is 0.769 bits per heavy atom. The van der Waals surface area contributed by atoms with Crippen LogP contribution in [0.25, 0.3) is 50.1 Å². The van der Waals surface area contributed by atoms with Gasteiger partial charge in [-0.3, -0.25) is 14.2 Å². The van der Waals surface area contributed by atoms with Crippen LogP contribution in [0.15, 0.2) is 96.6 Å². The standard InChI is InChI=1S/C32H19N5O2/c1-33-22-14-12-19(13-15-22)30-35-32-31(36(30)2)34-27(37(32)23-10-4-3-5-11-23)18-26-28(38)24-16-20-8-6-7-9-21(20)17-25(24)29(26)39/h3-18H,2H3. The number of hydrogen-bond acceptors (Lipinski definition) is 4. The second-order valence-corrected chi connectivity index (χ2v) is 9.40. The van der Waals surface area contributed by atoms with Crippen LogP contribution in [0.3, 0.4) is 0 Å². The number of aryl methyl sites for hydroxylation is 1. The fourth-order valence-electron chi connectivity index (χ4n) is 5.16. The highest BCUT2D eigenvalue weighted by molar-refractivity contribution is 6.42. The minimum absolute atomic E-state index is 0.0859. The van der Waals surface area contributed by atoms with E-state index in [1.165, 1.54) is 0 Å². The number of fused-ring (bicyclic) bond motifs is 3. The number of carbonyl (C=O) groups excluding carboxylic acids is 2. The SMILES string of the molecule is [C-]#[N+]c1ccc(-c2nc3c(nc(C=C4C(=O)c5cc6ccccc6cc5C4=O)n3-c3ccccc3)n2C)cc1. The summed E-state index contributed by atoms with van der Waals surface area (Å²) < 4.78 is 3.74. The number of para-hydroxylation sites is 1. The lowest BCUT2D eigenvalue weighted by Crippen LogP contribution is -2.04. The molecule has 0 atom stereocenters. The Morgan fingerprint density at radius 2 is 1.38 bits per heavy atom. The highest BCUT2D eigenvalue weighted by Crippen LogP contribution is 2.33. The molecular formula is C32H19N5O2. The van der Waals surface area contributed by atoms with Crippen molar-refractivity contribution >= 4 is 45.4 Å². The summed E-state index contributed by atoms with van der Waals surface area (Å²) in [6.07, 6.45) is 1.58. The van der Waals surface area contributed by atoms with E-state index < -0.39 is 0 Å². The third kappa shape index (κ3) is 3.43. The number of Topliss-reactive ketones (excluding diaryl/α,β-unsaturated/α-hetero) is 2. The third-order valence-electron chi connectivity index (χ3n) is 7.12. The maximum absolute atomic E-state index is 13.4. The summed E-state index contributed by atoms with van der Waals surface area (Å²) in [4.78, 5) is 40.1. The smallest absolute Gasteiger partial charge is 0.197 e. The molecule has 0 amide bonds. The predicted molar refractivity (Wildman–Crippen MR) is 150 cm³/mol. The van der Waals surface area contributed by atoms with Crippen molar-refractivity contribution in [3.05, 3.63) is 125 Å². The van der Waals surface area contributed by atoms with Crippen LogP contribution < -0.4 is 0 Å². The first-order chi connectivity index (χ1) is 19.0. The summed E-state index contributed by atoms with van der Waals surface area (Å²) in [5.74, 6) is 0.528. The number of aromatic nitrogens is 4. The number of rotatable bonds is 3. The number of allylic oxidation sites excluding steroid dienone is 1. The fraction of sp³-hybridized carbons (Fsp3) is 0.0312. The van der Waals surface area contributed by atoms with Crippen molar-refractivity contribution in [2.75, 3.05) is 0 Å². The van der Waals surface area contributed by atoms with E-state index in [2.05, 4.69) is 4.85 Å². The highest BCUT2D eigenvalue weighted by Gasteiger charge is 2.34. The summed E-state index contributed by atoms with van der Waals surface area (Å²) in [6, 6.07) is 28.1. The number of ketones is 2. The van der Waals surface area contributed by atoms with Crippen LogP contribution in [-0.2, 0) is 7.05 Å². The number of carbonyl (C=O) groups is 2. The first-order valence-electron chi connectivity index (χ1n) is 12.4. The van der Waals surface area contributed by atoms with Gasteiger partial charge in [0.25, 0.3) is 0 Å². The van der Waals surface area contributed by atoms with E-state index in [1.807, 2.05) is 82.9 Å². The van der Waals surface area contributed by atoms with Gasteiger partial charge >= 0.3 is 0 Å². The molecule has 4 aromatic carbocycles. The molecule has 0 radical (unpaired) electrons. The molecule has 7 rings (SSSR count). The van der Waals surface area contributed by atoms with Crippen molar-refractivity contribution in [3.63, 3.8) is 0 Å². The van der Waals surface area contributed by atoms with Crippen molar-refractivity contribution in [2.45, 2.75) is 0 Å². The number of imidazole rings is 2. The van der Waals surface area contributed by atoms with Crippen LogP contribution in [0.2, 0.25) is 0 Å². The van der Waals surface area contributed by atoms with Gasteiger partial charge in [-0.25, -0.2) is 14.8 Å². The zero-order chi connectivity index (χ0) is 26.7. The molecule has 0 unspecified atom stereocenters. The average molecular weight is 506 g/mol. The van der Waals surface area contributed by atoms with Crippen molar-refractivity contribution in [1.82, 2.24) is 19.1 Å². The zero-order valence-corrected chi connectivity index (χ0v) is 20.8. The van der Waals surface area contributed by atoms with Crippen molar-refractivity contribution < 1.29 is 9.59 Å². The van der Waals surface area contributed by atoms with Crippen LogP contribution >= 0.6 is 0 Å². The maximum Gasteiger partial charge on any atom is 0.197 e. The molecule has 0 fully saturated rings. The Balaban J connectivity index is 1.41. The topological polar surface area (TPSA) is 74.1 Å². The fourth-order valence-corrected chi connectivity index (χ4v) is 5.16. The number of benzene rings is 4. The van der Waals surface area contributed by atoms with Crippen LogP contribution in [0.1, 0.15) is 26.5 Å². The van der Waals surface area contributed by atoms with E-state index in [-0.39, 0.29) is 17.1 Å². The van der Waals surface area contributed by atoms with Crippen LogP contribution in [0, 0.1) is 6.57 Å². The minimum Gasteiger partial charge on any atom is -0.310 e. The molecule has 2 heterocycles. The highest BCUT2D eigenvalue weighted by atomic mass is 16.2. The first-order valence-corrected chi connectivity index (χ1v) is 12.4. The van der Waals surface area contributed by atoms with Crippen molar-refractivity contribution in [1.29, 1.82) is 0 Å². The van der Waals surface area contributed by atoms with E-state index in [4.69, 9.17) is 16.5 Å². The van der Waals surface area contributed by atoms with E-state index >= 15 is 0 Å². The van der Waals surface area contributed by atoms with Gasteiger partial charge in [-0.15, -0.1) is 0 Å². The van der Waals surface area contributed by atoms with E-state index in [0.717, 1.165) is 22.0 Å². The van der Waals surface area contributed by atoms with Gasteiger partial charge in [0.1, 0.15) is 11.6 Å². The number of nitrogens with zero attached hydrogens (tertiary/aromatic N) is 5. The van der Waals surface area contributed by atoms with Gasteiger partial charge in [0.05, 0.1) is 12.1 Å². The molecule has 7 nitrogen and oxygen atoms in total. The van der Waals surface area contributed by atoms with Crippen LogP contribution in [0.5, 0.6) is 0 Å². The first kappa shape index (κ1) is 22.6. The minimum atomic E-state index is -0.305. The summed E-state index contributed by atoms with van der Waals surface area (Å²) in [5, 5.41) is 1.83. The summed E-state index contributed by atoms with van der Waals surface area (Å²) in [6.45, 7) is 7.21. The van der Waals surface area contributed by atoms with E-state index in [0.29, 0.717) is 39.8 Å². The van der Waals surface area contributed by atoms with Crippen LogP contribution in [-0.4, -0.2) is 30.7 Å². The van der Waals surface area contributed by atoms with Crippen LogP contribution in [0.4, 0.5) is 5.69 Å². The lowest BCUT2D eigenvalue weighted by molar-refractivity contribution is 0.0990. The summed E-state index contributed by atoms with van der Waals surface area (Å²) in [5.41, 5.74) is 4.33. The molecule has 0 bridgehead atoms. The van der Waals surface area contributed by atoms with Gasteiger partial charge in [-0.1, -0.05) is 66.7 Å². The van der Waals surface area contributed by atoms with E-state index in [9.17, 15) is 9.59 Å². The molecule has 0 saturated carbocycles. The van der Waals surface area contributed by atoms with Gasteiger partial charge in [0.15, 0.2) is 28.5 Å². The average Bonchev–Trinajstić information content (AvgIpc) is 3.57. The molecule has 1 aliphatic carbocycles. The Hall–Kier alpha value is -5.61. The summed E-state index contributed by atoms with van der Waals surface area (Å²) >= 11 is 0. The molecule has 2 aromatic heterocycles. The summed E-state index contributed by atoms with van der Waals surface area (Å²) in [7, 11) is 1.87. The van der Waals surface area contributed by atoms with Crippen molar-refractivity contribution in [3.8, 4) is 17.1 Å². The Morgan fingerprint density at radius 3 is 2.00 bits per heavy atom. The predicted octanol–water partition coefficient (Wildman–Crippen LogP) is 6.59. The Kier molecular flexibility index (Phi) is 4.90.